The first kappa shape index (κ1) is 22.3. The number of ether oxygens (including phenoxy) is 3. The highest BCUT2D eigenvalue weighted by Crippen LogP contribution is 2.38. The van der Waals surface area contributed by atoms with E-state index in [1.807, 2.05) is 0 Å². The lowest BCUT2D eigenvalue weighted by Gasteiger charge is -2.19. The zero-order valence-corrected chi connectivity index (χ0v) is 15.9. The maximum absolute atomic E-state index is 12.2. The monoisotopic (exact) mass is 360 g/mol. The molecule has 3 N–H and O–H groups in total. The molecular formula is C17H29ClN2O4. The lowest BCUT2D eigenvalue weighted by atomic mass is 10.0. The third-order valence-electron chi connectivity index (χ3n) is 3.49. The fourth-order valence-corrected chi connectivity index (χ4v) is 2.48. The third kappa shape index (κ3) is 6.45. The summed E-state index contributed by atoms with van der Waals surface area (Å²) in [5.74, 6) is 1.98. The number of halogens is 1. The van der Waals surface area contributed by atoms with Crippen LogP contribution >= 0.6 is 12.4 Å². The zero-order valence-electron chi connectivity index (χ0n) is 15.0. The summed E-state index contributed by atoms with van der Waals surface area (Å²) in [5, 5.41) is 2.97. The molecule has 0 spiro atoms. The Labute approximate surface area is 150 Å². The van der Waals surface area contributed by atoms with Crippen molar-refractivity contribution >= 4 is 18.3 Å². The van der Waals surface area contributed by atoms with Gasteiger partial charge in [0.15, 0.2) is 11.5 Å². The van der Waals surface area contributed by atoms with Crippen LogP contribution in [0.5, 0.6) is 17.2 Å². The van der Waals surface area contributed by atoms with Crippen molar-refractivity contribution < 1.29 is 19.0 Å². The van der Waals surface area contributed by atoms with Gasteiger partial charge in [-0.1, -0.05) is 13.8 Å². The Morgan fingerprint density at radius 1 is 1.12 bits per heavy atom. The molecule has 0 heterocycles. The van der Waals surface area contributed by atoms with Gasteiger partial charge in [-0.15, -0.1) is 12.4 Å². The molecule has 0 saturated carbocycles. The molecule has 1 rings (SSSR count). The minimum Gasteiger partial charge on any atom is -0.493 e. The van der Waals surface area contributed by atoms with Crippen LogP contribution in [0.15, 0.2) is 12.1 Å². The van der Waals surface area contributed by atoms with Crippen LogP contribution in [-0.2, 0) is 11.2 Å². The third-order valence-corrected chi connectivity index (χ3v) is 3.49. The van der Waals surface area contributed by atoms with Crippen molar-refractivity contribution in [2.24, 2.45) is 11.7 Å². The number of carbonyl (C=O) groups is 1. The number of methoxy groups -OCH3 is 3. The molecular weight excluding hydrogens is 332 g/mol. The van der Waals surface area contributed by atoms with Crippen LogP contribution in [-0.4, -0.2) is 39.8 Å². The molecule has 1 aromatic carbocycles. The van der Waals surface area contributed by atoms with Gasteiger partial charge in [-0.05, 0) is 30.0 Å². The molecule has 0 aliphatic rings. The Hall–Kier alpha value is -1.66. The second-order valence-electron chi connectivity index (χ2n) is 5.84. The first-order chi connectivity index (χ1) is 10.9. The minimum atomic E-state index is -0.0737. The lowest BCUT2D eigenvalue weighted by molar-refractivity contribution is -0.121. The van der Waals surface area contributed by atoms with Crippen molar-refractivity contribution in [1.82, 2.24) is 5.32 Å². The summed E-state index contributed by atoms with van der Waals surface area (Å²) >= 11 is 0. The summed E-state index contributed by atoms with van der Waals surface area (Å²) in [6.45, 7) is 4.64. The minimum absolute atomic E-state index is 0. The number of benzene rings is 1. The van der Waals surface area contributed by atoms with Crippen molar-refractivity contribution in [2.45, 2.75) is 32.7 Å². The molecule has 1 atom stereocenters. The molecule has 0 fully saturated rings. The van der Waals surface area contributed by atoms with Crippen molar-refractivity contribution in [3.05, 3.63) is 17.7 Å². The van der Waals surface area contributed by atoms with Gasteiger partial charge < -0.3 is 25.3 Å². The molecule has 1 unspecified atom stereocenters. The molecule has 0 radical (unpaired) electrons. The number of nitrogens with one attached hydrogen (secondary N) is 1. The van der Waals surface area contributed by atoms with Crippen LogP contribution in [0, 0.1) is 5.92 Å². The molecule has 7 heteroatoms. The summed E-state index contributed by atoms with van der Waals surface area (Å²) in [6.07, 6.45) is 1.09. The summed E-state index contributed by atoms with van der Waals surface area (Å²) in [5.41, 5.74) is 6.51. The molecule has 6 nitrogen and oxygen atoms in total. The smallest absolute Gasteiger partial charge is 0.224 e. The zero-order chi connectivity index (χ0) is 17.4. The van der Waals surface area contributed by atoms with Crippen molar-refractivity contribution in [2.75, 3.05) is 27.9 Å². The van der Waals surface area contributed by atoms with E-state index in [0.29, 0.717) is 29.7 Å². The molecule has 0 aliphatic carbocycles. The van der Waals surface area contributed by atoms with Gasteiger partial charge in [-0.25, -0.2) is 0 Å². The Morgan fingerprint density at radius 2 is 1.67 bits per heavy atom. The molecule has 0 saturated heterocycles. The van der Waals surface area contributed by atoms with E-state index in [2.05, 4.69) is 19.2 Å². The van der Waals surface area contributed by atoms with E-state index >= 15 is 0 Å². The van der Waals surface area contributed by atoms with Gasteiger partial charge in [-0.3, -0.25) is 4.79 Å². The number of nitrogens with two attached hydrogens (primary N) is 1. The quantitative estimate of drug-likeness (QED) is 0.705. The van der Waals surface area contributed by atoms with E-state index in [-0.39, 0.29) is 30.8 Å². The summed E-state index contributed by atoms with van der Waals surface area (Å²) in [4.78, 5) is 12.2. The van der Waals surface area contributed by atoms with Crippen LogP contribution < -0.4 is 25.3 Å². The highest BCUT2D eigenvalue weighted by molar-refractivity contribution is 5.85. The van der Waals surface area contributed by atoms with E-state index in [9.17, 15) is 4.79 Å². The van der Waals surface area contributed by atoms with Gasteiger partial charge in [0, 0.05) is 12.6 Å². The van der Waals surface area contributed by atoms with Gasteiger partial charge in [-0.2, -0.15) is 0 Å². The van der Waals surface area contributed by atoms with E-state index in [4.69, 9.17) is 19.9 Å². The van der Waals surface area contributed by atoms with Gasteiger partial charge in [0.2, 0.25) is 11.7 Å². The molecule has 0 aromatic heterocycles. The topological polar surface area (TPSA) is 82.8 Å². The molecule has 0 bridgehead atoms. The molecule has 24 heavy (non-hydrogen) atoms. The van der Waals surface area contributed by atoms with Crippen LogP contribution in [0.1, 0.15) is 25.8 Å². The van der Waals surface area contributed by atoms with E-state index in [0.717, 1.165) is 12.0 Å². The Balaban J connectivity index is 0.00000529. The largest absolute Gasteiger partial charge is 0.493 e. The van der Waals surface area contributed by atoms with Gasteiger partial charge in [0.25, 0.3) is 0 Å². The fourth-order valence-electron chi connectivity index (χ4n) is 2.48. The van der Waals surface area contributed by atoms with Crippen LogP contribution in [0.3, 0.4) is 0 Å². The second kappa shape index (κ2) is 11.0. The number of hydrogen-bond donors (Lipinski definition) is 2. The van der Waals surface area contributed by atoms with E-state index in [1.54, 1.807) is 33.5 Å². The first-order valence-electron chi connectivity index (χ1n) is 7.73. The lowest BCUT2D eigenvalue weighted by Crippen LogP contribution is -2.41. The number of hydrogen-bond acceptors (Lipinski definition) is 5. The van der Waals surface area contributed by atoms with Crippen LogP contribution in [0.4, 0.5) is 0 Å². The normalized spacial score (nSPS) is 11.5. The standard InChI is InChI=1S/C17H28N2O4.ClH/c1-11(2)6-13(10-18)19-16(20)9-12-7-14(21-3)17(23-5)15(8-12)22-4;/h7-8,11,13H,6,9-10,18H2,1-5H3,(H,19,20);1H. The molecule has 1 aromatic rings. The first-order valence-corrected chi connectivity index (χ1v) is 7.73. The number of rotatable bonds is 9. The Kier molecular flexibility index (Phi) is 10.2. The van der Waals surface area contributed by atoms with E-state index in [1.165, 1.54) is 0 Å². The number of amides is 1. The predicted octanol–water partition coefficient (Wildman–Crippen LogP) is 2.17. The van der Waals surface area contributed by atoms with Crippen molar-refractivity contribution in [3.8, 4) is 17.2 Å². The average Bonchev–Trinajstić information content (AvgIpc) is 2.52. The van der Waals surface area contributed by atoms with Gasteiger partial charge in [0.1, 0.15) is 0 Å². The molecule has 1 amide bonds. The molecule has 138 valence electrons. The summed E-state index contributed by atoms with van der Waals surface area (Å²) < 4.78 is 15.9. The van der Waals surface area contributed by atoms with Crippen LogP contribution in [0.25, 0.3) is 0 Å². The maximum Gasteiger partial charge on any atom is 0.224 e. The van der Waals surface area contributed by atoms with Gasteiger partial charge >= 0.3 is 0 Å². The predicted molar refractivity (Wildman–Crippen MR) is 97.5 cm³/mol. The highest BCUT2D eigenvalue weighted by atomic mass is 35.5. The van der Waals surface area contributed by atoms with E-state index < -0.39 is 0 Å². The average molecular weight is 361 g/mol. The summed E-state index contributed by atoms with van der Waals surface area (Å²) in [7, 11) is 4.65. The summed E-state index contributed by atoms with van der Waals surface area (Å²) in [6, 6.07) is 3.55. The second-order valence-corrected chi connectivity index (χ2v) is 5.84. The molecule has 0 aliphatic heterocycles. The SMILES string of the molecule is COc1cc(CC(=O)NC(CN)CC(C)C)cc(OC)c1OC.Cl. The van der Waals surface area contributed by atoms with Crippen molar-refractivity contribution in [3.63, 3.8) is 0 Å². The maximum atomic E-state index is 12.2. The van der Waals surface area contributed by atoms with Gasteiger partial charge in [0.05, 0.1) is 27.8 Å². The number of carbonyl (C=O) groups excluding carboxylic acids is 1. The highest BCUT2D eigenvalue weighted by Gasteiger charge is 2.17. The van der Waals surface area contributed by atoms with Crippen molar-refractivity contribution in [1.29, 1.82) is 0 Å². The van der Waals surface area contributed by atoms with Crippen LogP contribution in [0.2, 0.25) is 0 Å². The fraction of sp³-hybridized carbons (Fsp3) is 0.588. The Morgan fingerprint density at radius 3 is 2.04 bits per heavy atom. The Bertz CT molecular complexity index is 498.